The first-order chi connectivity index (χ1) is 18.9. The van der Waals surface area contributed by atoms with Gasteiger partial charge in [-0.25, -0.2) is 0 Å². The number of phenols is 1. The zero-order valence-corrected chi connectivity index (χ0v) is 25.2. The summed E-state index contributed by atoms with van der Waals surface area (Å²) in [6.07, 6.45) is 8.24. The van der Waals surface area contributed by atoms with E-state index in [1.807, 2.05) is 24.5 Å². The minimum atomic E-state index is -0.195. The molecule has 3 aromatic rings. The van der Waals surface area contributed by atoms with E-state index in [4.69, 9.17) is 9.73 Å². The van der Waals surface area contributed by atoms with E-state index in [0.29, 0.717) is 17.6 Å². The van der Waals surface area contributed by atoms with E-state index in [2.05, 4.69) is 88.3 Å². The van der Waals surface area contributed by atoms with Gasteiger partial charge in [-0.3, -0.25) is 14.9 Å². The number of piperidine rings is 3. The second kappa shape index (κ2) is 10.7. The van der Waals surface area contributed by atoms with Gasteiger partial charge >= 0.3 is 0 Å². The minimum absolute atomic E-state index is 0.0541. The summed E-state index contributed by atoms with van der Waals surface area (Å²) in [4.78, 5) is 12.6. The molecule has 4 heterocycles. The number of fused-ring (bicyclic) bond motifs is 4. The second-order valence-electron chi connectivity index (χ2n) is 13.7. The van der Waals surface area contributed by atoms with Crippen LogP contribution in [0.1, 0.15) is 82.7 Å². The summed E-state index contributed by atoms with van der Waals surface area (Å²) in [5.41, 5.74) is 4.76. The summed E-state index contributed by atoms with van der Waals surface area (Å²) >= 11 is 0. The van der Waals surface area contributed by atoms with Crippen molar-refractivity contribution < 1.29 is 9.84 Å². The molecule has 3 fully saturated rings. The molecule has 6 rings (SSSR count). The molecule has 3 aliphatic rings. The van der Waals surface area contributed by atoms with Crippen molar-refractivity contribution in [2.24, 2.45) is 16.8 Å². The maximum atomic E-state index is 11.5. The number of aromatic hydroxyl groups is 1. The lowest BCUT2D eigenvalue weighted by Crippen LogP contribution is -2.54. The van der Waals surface area contributed by atoms with Crippen LogP contribution in [0.25, 0.3) is 10.9 Å². The molecule has 0 amide bonds. The van der Waals surface area contributed by atoms with Gasteiger partial charge in [0.25, 0.3) is 0 Å². The van der Waals surface area contributed by atoms with Gasteiger partial charge in [-0.2, -0.15) is 0 Å². The fourth-order valence-corrected chi connectivity index (χ4v) is 6.54. The fourth-order valence-electron chi connectivity index (χ4n) is 6.54. The summed E-state index contributed by atoms with van der Waals surface area (Å²) in [6.45, 7) is 19.3. The number of nitrogens with zero attached hydrogens (tertiary/aromatic N) is 3. The van der Waals surface area contributed by atoms with Crippen molar-refractivity contribution >= 4 is 17.1 Å². The minimum Gasteiger partial charge on any atom is -0.507 e. The summed E-state index contributed by atoms with van der Waals surface area (Å²) in [5, 5.41) is 12.5. The lowest BCUT2D eigenvalue weighted by molar-refractivity contribution is 0.00796. The Bertz CT molecular complexity index is 1430. The Kier molecular flexibility index (Phi) is 7.56. The summed E-state index contributed by atoms with van der Waals surface area (Å²) in [6, 6.07) is 12.6. The number of benzene rings is 2. The third-order valence-electron chi connectivity index (χ3n) is 9.01. The van der Waals surface area contributed by atoms with Crippen molar-refractivity contribution in [2.75, 3.05) is 20.2 Å². The molecule has 0 saturated carbocycles. The van der Waals surface area contributed by atoms with Gasteiger partial charge in [-0.05, 0) is 83.5 Å². The fraction of sp³-hybridized carbons (Fsp3) is 0.486. The van der Waals surface area contributed by atoms with Crippen molar-refractivity contribution in [1.29, 1.82) is 0 Å². The van der Waals surface area contributed by atoms with Crippen molar-refractivity contribution in [3.8, 4) is 11.5 Å². The van der Waals surface area contributed by atoms with Crippen molar-refractivity contribution in [3.05, 3.63) is 77.5 Å². The monoisotopic (exact) mass is 539 g/mol. The highest BCUT2D eigenvalue weighted by atomic mass is 16.5. The van der Waals surface area contributed by atoms with Crippen LogP contribution in [0.5, 0.6) is 11.5 Å². The summed E-state index contributed by atoms with van der Waals surface area (Å²) < 4.78 is 5.59. The Morgan fingerprint density at radius 2 is 1.88 bits per heavy atom. The van der Waals surface area contributed by atoms with E-state index in [1.54, 1.807) is 7.11 Å². The molecular formula is C35H45N3O2. The smallest absolute Gasteiger partial charge is 0.128 e. The van der Waals surface area contributed by atoms with Crippen molar-refractivity contribution in [2.45, 2.75) is 77.3 Å². The van der Waals surface area contributed by atoms with Gasteiger partial charge in [-0.15, -0.1) is 6.58 Å². The summed E-state index contributed by atoms with van der Waals surface area (Å²) in [5.74, 6) is 2.29. The van der Waals surface area contributed by atoms with E-state index in [-0.39, 0.29) is 22.9 Å². The number of methoxy groups -OCH3 is 1. The Hall–Kier alpha value is -3.18. The topological polar surface area (TPSA) is 58.0 Å². The van der Waals surface area contributed by atoms with Crippen molar-refractivity contribution in [1.82, 2.24) is 9.88 Å². The van der Waals surface area contributed by atoms with Crippen LogP contribution in [-0.4, -0.2) is 47.4 Å². The lowest BCUT2D eigenvalue weighted by Gasteiger charge is -2.51. The molecule has 2 bridgehead atoms. The molecule has 5 nitrogen and oxygen atoms in total. The molecule has 5 atom stereocenters. The molecule has 1 aromatic heterocycles. The van der Waals surface area contributed by atoms with Crippen LogP contribution >= 0.6 is 0 Å². The quantitative estimate of drug-likeness (QED) is 0.259. The van der Waals surface area contributed by atoms with E-state index in [1.165, 1.54) is 12.0 Å². The lowest BCUT2D eigenvalue weighted by atomic mass is 9.73. The van der Waals surface area contributed by atoms with Crippen LogP contribution in [-0.2, 0) is 10.8 Å². The van der Waals surface area contributed by atoms with Gasteiger partial charge in [0, 0.05) is 41.5 Å². The molecule has 5 heteroatoms. The summed E-state index contributed by atoms with van der Waals surface area (Å²) in [7, 11) is 1.70. The number of pyridine rings is 1. The molecule has 0 aliphatic carbocycles. The third-order valence-corrected chi connectivity index (χ3v) is 9.01. The van der Waals surface area contributed by atoms with Gasteiger partial charge in [0.15, 0.2) is 0 Å². The number of hydrogen-bond donors (Lipinski definition) is 1. The molecule has 212 valence electrons. The first kappa shape index (κ1) is 28.4. The average Bonchev–Trinajstić information content (AvgIpc) is 2.92. The Morgan fingerprint density at radius 3 is 2.50 bits per heavy atom. The zero-order chi connectivity index (χ0) is 28.8. The van der Waals surface area contributed by atoms with E-state index in [0.717, 1.165) is 52.9 Å². The molecule has 1 N–H and O–H groups in total. The second-order valence-corrected chi connectivity index (χ2v) is 13.7. The van der Waals surface area contributed by atoms with Gasteiger partial charge < -0.3 is 9.84 Å². The Balaban J connectivity index is 1.66. The normalized spacial score (nSPS) is 24.0. The SMILES string of the molecule is C=CC1CN2CCC1CC2[C@H](N=Cc1cc(C(C)(C)C)cc(C(C)(C)C)c1O)c1ccnc2ccc(OC)cc12. The number of ether oxygens (including phenoxy) is 1. The Labute approximate surface area is 240 Å². The maximum absolute atomic E-state index is 11.5. The van der Waals surface area contributed by atoms with Crippen LogP contribution in [0.3, 0.4) is 0 Å². The van der Waals surface area contributed by atoms with Gasteiger partial charge in [0.2, 0.25) is 0 Å². The first-order valence-electron chi connectivity index (χ1n) is 14.6. The number of aromatic nitrogens is 1. The predicted octanol–water partition coefficient (Wildman–Crippen LogP) is 7.60. The van der Waals surface area contributed by atoms with Crippen LogP contribution < -0.4 is 4.74 Å². The Morgan fingerprint density at radius 1 is 1.10 bits per heavy atom. The highest BCUT2D eigenvalue weighted by molar-refractivity contribution is 5.87. The van der Waals surface area contributed by atoms with E-state index < -0.39 is 0 Å². The van der Waals surface area contributed by atoms with E-state index in [9.17, 15) is 5.11 Å². The molecule has 3 saturated heterocycles. The molecule has 3 aliphatic heterocycles. The van der Waals surface area contributed by atoms with Crippen LogP contribution in [0.15, 0.2) is 60.2 Å². The molecule has 0 spiro atoms. The van der Waals surface area contributed by atoms with Crippen LogP contribution in [0.2, 0.25) is 0 Å². The van der Waals surface area contributed by atoms with Gasteiger partial charge in [-0.1, -0.05) is 53.7 Å². The highest BCUT2D eigenvalue weighted by Crippen LogP contribution is 2.44. The molecule has 4 unspecified atom stereocenters. The molecule has 40 heavy (non-hydrogen) atoms. The van der Waals surface area contributed by atoms with Crippen molar-refractivity contribution in [3.63, 3.8) is 0 Å². The van der Waals surface area contributed by atoms with Crippen LogP contribution in [0.4, 0.5) is 0 Å². The number of aliphatic imine (C=N–C) groups is 1. The molecular weight excluding hydrogens is 494 g/mol. The maximum Gasteiger partial charge on any atom is 0.128 e. The van der Waals surface area contributed by atoms with Crippen LogP contribution in [0, 0.1) is 11.8 Å². The largest absolute Gasteiger partial charge is 0.507 e. The highest BCUT2D eigenvalue weighted by Gasteiger charge is 2.42. The molecule has 2 aromatic carbocycles. The van der Waals surface area contributed by atoms with Gasteiger partial charge in [0.1, 0.15) is 11.5 Å². The zero-order valence-electron chi connectivity index (χ0n) is 25.2. The number of hydrogen-bond acceptors (Lipinski definition) is 5. The van der Waals surface area contributed by atoms with E-state index >= 15 is 0 Å². The first-order valence-corrected chi connectivity index (χ1v) is 14.6. The standard InChI is InChI=1S/C35H45N3O2/c1-9-22-21-38-15-13-23(22)17-31(38)32(27-12-14-36-30-11-10-26(40-8)19-28(27)30)37-20-24-16-25(34(2,3)4)18-29(33(24)39)35(5,6)7/h9-12,14,16,18-20,22-23,31-32,39H,1,13,15,17,21H2,2-8H3/t22?,23?,31?,32-/m1/s1. The number of phenolic OH excluding ortho intramolecular Hbond substituents is 1. The predicted molar refractivity (Wildman–Crippen MR) is 166 cm³/mol. The molecule has 0 radical (unpaired) electrons. The number of rotatable bonds is 6. The van der Waals surface area contributed by atoms with Gasteiger partial charge in [0.05, 0.1) is 18.7 Å². The average molecular weight is 540 g/mol. The third kappa shape index (κ3) is 5.41.